The smallest absolute Gasteiger partial charge is 0.462 e. The molecule has 0 aromatic heterocycles. The Hall–Kier alpha value is -1.25. The van der Waals surface area contributed by atoms with Gasteiger partial charge in [-0.1, -0.05) is 90.2 Å². The molecule has 0 saturated carbocycles. The van der Waals surface area contributed by atoms with Gasteiger partial charge in [0.15, 0.2) is 6.10 Å². The molecule has 0 amide bonds. The van der Waals surface area contributed by atoms with Crippen LogP contribution in [-0.2, 0) is 32.7 Å². The fourth-order valence-corrected chi connectivity index (χ4v) is 4.70. The third-order valence-corrected chi connectivity index (χ3v) is 7.51. The molecule has 0 heterocycles. The van der Waals surface area contributed by atoms with E-state index in [-0.39, 0.29) is 32.0 Å². The molecule has 0 aromatic carbocycles. The van der Waals surface area contributed by atoms with E-state index in [2.05, 4.69) is 26.0 Å². The summed E-state index contributed by atoms with van der Waals surface area (Å²) in [4.78, 5) is 34.8. The molecule has 10 heteroatoms. The number of likely N-dealkylation sites (N-methyl/N-ethyl adjacent to an activating group) is 1. The summed E-state index contributed by atoms with van der Waals surface area (Å²) in [6, 6.07) is 0. The third-order valence-electron chi connectivity index (χ3n) is 6.53. The predicted octanol–water partition coefficient (Wildman–Crippen LogP) is 7.51. The minimum absolute atomic E-state index is 0.0319. The summed E-state index contributed by atoms with van der Waals surface area (Å²) in [6.45, 7) is 4.26. The first-order valence-electron chi connectivity index (χ1n) is 15.9. The Morgan fingerprint density at radius 1 is 0.732 bits per heavy atom. The SMILES string of the molecule is CCC/C=C/CCCCCCCC(=O)O[C@@H](COC(=O)CCCCCCCCC)COP(=O)(O)OCC[N+](C)(C)C. The molecule has 41 heavy (non-hydrogen) atoms. The van der Waals surface area contributed by atoms with Crippen molar-refractivity contribution in [3.63, 3.8) is 0 Å². The van der Waals surface area contributed by atoms with Gasteiger partial charge in [-0.15, -0.1) is 0 Å². The van der Waals surface area contributed by atoms with Crippen LogP contribution in [0.25, 0.3) is 0 Å². The number of unbranched alkanes of at least 4 members (excludes halogenated alkanes) is 12. The van der Waals surface area contributed by atoms with Crippen LogP contribution in [0.3, 0.4) is 0 Å². The van der Waals surface area contributed by atoms with E-state index >= 15 is 0 Å². The first kappa shape index (κ1) is 39.8. The number of quaternary nitrogens is 1. The summed E-state index contributed by atoms with van der Waals surface area (Å²) in [5, 5.41) is 0. The number of carbonyl (C=O) groups is 2. The van der Waals surface area contributed by atoms with Crippen LogP contribution in [0, 0.1) is 0 Å². The van der Waals surface area contributed by atoms with E-state index in [0.29, 0.717) is 17.4 Å². The topological polar surface area (TPSA) is 108 Å². The number of esters is 2. The van der Waals surface area contributed by atoms with Crippen molar-refractivity contribution >= 4 is 19.8 Å². The summed E-state index contributed by atoms with van der Waals surface area (Å²) >= 11 is 0. The summed E-state index contributed by atoms with van der Waals surface area (Å²) in [5.41, 5.74) is 0. The van der Waals surface area contributed by atoms with E-state index in [4.69, 9.17) is 18.5 Å². The van der Waals surface area contributed by atoms with Gasteiger partial charge in [0, 0.05) is 12.8 Å². The van der Waals surface area contributed by atoms with Crippen LogP contribution < -0.4 is 0 Å². The van der Waals surface area contributed by atoms with E-state index in [1.54, 1.807) is 0 Å². The number of nitrogens with zero attached hydrogens (tertiary/aromatic N) is 1. The molecule has 0 spiro atoms. The Labute approximate surface area is 250 Å². The van der Waals surface area contributed by atoms with Gasteiger partial charge in [-0.2, -0.15) is 0 Å². The molecule has 0 aliphatic carbocycles. The highest BCUT2D eigenvalue weighted by atomic mass is 31.2. The van der Waals surface area contributed by atoms with Gasteiger partial charge in [-0.05, 0) is 32.1 Å². The molecular weight excluding hydrogens is 545 g/mol. The summed E-state index contributed by atoms with van der Waals surface area (Å²) in [5.74, 6) is -0.821. The Morgan fingerprint density at radius 3 is 1.90 bits per heavy atom. The standard InChI is InChI=1S/C31H60NO8P/c1-6-8-10-12-14-15-16-18-20-22-24-31(34)40-29(28-39-41(35,36)38-26-25-32(3,4)5)27-37-30(33)23-21-19-17-13-11-9-7-2/h10,12,29H,6-9,11,13-28H2,1-5H3/p+1/b12-10+/t29-/m0/s1. The zero-order valence-corrected chi connectivity index (χ0v) is 27.7. The number of carbonyl (C=O) groups excluding carboxylic acids is 2. The van der Waals surface area contributed by atoms with Crippen LogP contribution in [0.2, 0.25) is 0 Å². The number of allylic oxidation sites excluding steroid dienone is 2. The van der Waals surface area contributed by atoms with Crippen molar-refractivity contribution in [2.45, 2.75) is 129 Å². The fourth-order valence-electron chi connectivity index (χ4n) is 3.95. The normalized spacial score (nSPS) is 14.2. The van der Waals surface area contributed by atoms with Gasteiger partial charge in [0.25, 0.3) is 0 Å². The monoisotopic (exact) mass is 606 g/mol. The largest absolute Gasteiger partial charge is 0.472 e. The van der Waals surface area contributed by atoms with Gasteiger partial charge >= 0.3 is 19.8 Å². The van der Waals surface area contributed by atoms with E-state index in [1.165, 1.54) is 32.1 Å². The zero-order valence-electron chi connectivity index (χ0n) is 26.8. The highest BCUT2D eigenvalue weighted by molar-refractivity contribution is 7.47. The van der Waals surface area contributed by atoms with Crippen molar-refractivity contribution < 1.29 is 42.1 Å². The molecule has 2 atom stereocenters. The van der Waals surface area contributed by atoms with Gasteiger partial charge in [0.1, 0.15) is 19.8 Å². The molecule has 0 aliphatic rings. The van der Waals surface area contributed by atoms with E-state index in [9.17, 15) is 19.0 Å². The molecule has 0 rings (SSSR count). The number of phosphoric acid groups is 1. The second-order valence-electron chi connectivity index (χ2n) is 11.8. The Morgan fingerprint density at radius 2 is 1.29 bits per heavy atom. The van der Waals surface area contributed by atoms with Gasteiger partial charge in [-0.3, -0.25) is 18.6 Å². The Balaban J connectivity index is 4.55. The van der Waals surface area contributed by atoms with Crippen molar-refractivity contribution in [2.75, 3.05) is 47.5 Å². The maximum atomic E-state index is 12.5. The molecule has 242 valence electrons. The van der Waals surface area contributed by atoms with Crippen LogP contribution >= 0.6 is 7.82 Å². The lowest BCUT2D eigenvalue weighted by atomic mass is 10.1. The first-order chi connectivity index (χ1) is 19.5. The van der Waals surface area contributed by atoms with Gasteiger partial charge in [0.05, 0.1) is 27.7 Å². The molecule has 0 fully saturated rings. The molecule has 0 aromatic rings. The van der Waals surface area contributed by atoms with Crippen molar-refractivity contribution in [3.05, 3.63) is 12.2 Å². The highest BCUT2D eigenvalue weighted by Crippen LogP contribution is 2.43. The van der Waals surface area contributed by atoms with E-state index in [1.807, 2.05) is 21.1 Å². The van der Waals surface area contributed by atoms with Crippen molar-refractivity contribution in [1.82, 2.24) is 0 Å². The number of hydrogen-bond acceptors (Lipinski definition) is 7. The predicted molar refractivity (Wildman–Crippen MR) is 164 cm³/mol. The number of phosphoric ester groups is 1. The lowest BCUT2D eigenvalue weighted by molar-refractivity contribution is -0.870. The van der Waals surface area contributed by atoms with Gasteiger partial charge in [-0.25, -0.2) is 4.57 Å². The van der Waals surface area contributed by atoms with Crippen LogP contribution in [0.1, 0.15) is 123 Å². The molecule has 9 nitrogen and oxygen atoms in total. The lowest BCUT2D eigenvalue weighted by Crippen LogP contribution is -2.37. The molecule has 0 saturated heterocycles. The van der Waals surface area contributed by atoms with Crippen LogP contribution in [0.15, 0.2) is 12.2 Å². The summed E-state index contributed by atoms with van der Waals surface area (Å²) in [6.07, 6.45) is 20.0. The number of hydrogen-bond donors (Lipinski definition) is 1. The van der Waals surface area contributed by atoms with E-state index in [0.717, 1.165) is 57.8 Å². The molecule has 0 aliphatic heterocycles. The maximum absolute atomic E-state index is 12.5. The van der Waals surface area contributed by atoms with Crippen molar-refractivity contribution in [3.8, 4) is 0 Å². The maximum Gasteiger partial charge on any atom is 0.472 e. The first-order valence-corrected chi connectivity index (χ1v) is 17.4. The second-order valence-corrected chi connectivity index (χ2v) is 13.3. The molecule has 0 bridgehead atoms. The van der Waals surface area contributed by atoms with Crippen LogP contribution in [-0.4, -0.2) is 74.9 Å². The molecular formula is C31H61NO8P+. The molecule has 0 radical (unpaired) electrons. The molecule has 1 N–H and O–H groups in total. The minimum Gasteiger partial charge on any atom is -0.462 e. The number of ether oxygens (including phenoxy) is 2. The molecule has 1 unspecified atom stereocenters. The van der Waals surface area contributed by atoms with Gasteiger partial charge < -0.3 is 18.9 Å². The zero-order chi connectivity index (χ0) is 30.8. The van der Waals surface area contributed by atoms with Crippen molar-refractivity contribution in [1.29, 1.82) is 0 Å². The second kappa shape index (κ2) is 25.3. The van der Waals surface area contributed by atoms with Crippen LogP contribution in [0.5, 0.6) is 0 Å². The average Bonchev–Trinajstić information content (AvgIpc) is 2.90. The quantitative estimate of drug-likeness (QED) is 0.0321. The van der Waals surface area contributed by atoms with E-state index < -0.39 is 26.5 Å². The number of rotatable bonds is 28. The Bertz CT molecular complexity index is 738. The van der Waals surface area contributed by atoms with Crippen LogP contribution in [0.4, 0.5) is 0 Å². The highest BCUT2D eigenvalue weighted by Gasteiger charge is 2.27. The lowest BCUT2D eigenvalue weighted by Gasteiger charge is -2.24. The van der Waals surface area contributed by atoms with Gasteiger partial charge in [0.2, 0.25) is 0 Å². The average molecular weight is 607 g/mol. The fraction of sp³-hybridized carbons (Fsp3) is 0.871. The third kappa shape index (κ3) is 28.6. The minimum atomic E-state index is -4.35. The summed E-state index contributed by atoms with van der Waals surface area (Å²) in [7, 11) is 1.47. The van der Waals surface area contributed by atoms with Crippen molar-refractivity contribution in [2.24, 2.45) is 0 Å². The summed E-state index contributed by atoms with van der Waals surface area (Å²) < 4.78 is 33.8. The Kier molecular flexibility index (Phi) is 24.5.